The highest BCUT2D eigenvalue weighted by atomic mass is 32.1. The Morgan fingerprint density at radius 3 is 2.50 bits per heavy atom. The standard InChI is InChI=1S/C22H23N5O3S2/c1-12-13(2)32-21(26-22(31)27(23)11-16-10-24-9-8-18(16)29)19(12)20(30)15-4-6-17(7-5-15)25-14(3)28/h4-10H,11,23H2,1-3H3,(H,24,29)(H,25,28)(H,26,31). The number of nitrogens with one attached hydrogen (secondary N) is 2. The van der Waals surface area contributed by atoms with Gasteiger partial charge in [0.2, 0.25) is 5.91 Å². The molecule has 0 atom stereocenters. The van der Waals surface area contributed by atoms with E-state index in [1.165, 1.54) is 41.7 Å². The lowest BCUT2D eigenvalue weighted by molar-refractivity contribution is -0.114. The van der Waals surface area contributed by atoms with Crippen LogP contribution in [0.3, 0.4) is 0 Å². The predicted octanol–water partition coefficient (Wildman–Crippen LogP) is 3.73. The smallest absolute Gasteiger partial charge is 0.221 e. The van der Waals surface area contributed by atoms with Gasteiger partial charge in [-0.15, -0.1) is 11.3 Å². The molecule has 32 heavy (non-hydrogen) atoms. The Hall–Kier alpha value is -3.34. The van der Waals surface area contributed by atoms with Gasteiger partial charge in [-0.1, -0.05) is 0 Å². The van der Waals surface area contributed by atoms with E-state index in [4.69, 9.17) is 18.1 Å². The minimum absolute atomic E-state index is 0.0691. The summed E-state index contributed by atoms with van der Waals surface area (Å²) in [6.45, 7) is 5.38. The molecule has 10 heteroatoms. The molecule has 3 aromatic rings. The number of nitrogens with two attached hydrogens (primary N) is 1. The summed E-state index contributed by atoms with van der Waals surface area (Å²) in [5, 5.41) is 17.7. The molecule has 5 N–H and O–H groups in total. The molecule has 8 nitrogen and oxygen atoms in total. The third kappa shape index (κ3) is 5.28. The van der Waals surface area contributed by atoms with Crippen LogP contribution in [0, 0.1) is 13.8 Å². The van der Waals surface area contributed by atoms with Crippen LogP contribution in [0.15, 0.2) is 42.7 Å². The summed E-state index contributed by atoms with van der Waals surface area (Å²) in [5.74, 6) is 5.80. The fourth-order valence-electron chi connectivity index (χ4n) is 3.01. The van der Waals surface area contributed by atoms with Crippen LogP contribution < -0.4 is 16.5 Å². The van der Waals surface area contributed by atoms with Crippen LogP contribution in [-0.2, 0) is 11.3 Å². The average Bonchev–Trinajstić information content (AvgIpc) is 3.02. The number of aromatic hydroxyl groups is 1. The Labute approximate surface area is 195 Å². The first-order valence-electron chi connectivity index (χ1n) is 9.64. The van der Waals surface area contributed by atoms with Gasteiger partial charge in [0.1, 0.15) is 10.8 Å². The fourth-order valence-corrected chi connectivity index (χ4v) is 4.29. The topological polar surface area (TPSA) is 121 Å². The van der Waals surface area contributed by atoms with Gasteiger partial charge in [-0.25, -0.2) is 5.84 Å². The molecule has 2 aromatic heterocycles. The van der Waals surface area contributed by atoms with Crippen LogP contribution in [0.4, 0.5) is 10.7 Å². The molecular weight excluding hydrogens is 446 g/mol. The highest BCUT2D eigenvalue weighted by Gasteiger charge is 2.22. The molecule has 2 heterocycles. The van der Waals surface area contributed by atoms with Crippen molar-refractivity contribution in [2.75, 3.05) is 10.6 Å². The molecule has 0 aliphatic carbocycles. The van der Waals surface area contributed by atoms with Gasteiger partial charge in [0.25, 0.3) is 0 Å². The molecule has 0 fully saturated rings. The quantitative estimate of drug-likeness (QED) is 0.187. The summed E-state index contributed by atoms with van der Waals surface area (Å²) in [4.78, 5) is 29.4. The Balaban J connectivity index is 1.81. The number of thiophene rings is 1. The number of anilines is 2. The SMILES string of the molecule is CC(=O)Nc1ccc(C(=O)c2c(NC(=S)N(N)Cc3cnccc3O)sc(C)c2C)cc1. The van der Waals surface area contributed by atoms with Crippen molar-refractivity contribution in [2.24, 2.45) is 5.84 Å². The molecular formula is C22H23N5O3S2. The molecule has 0 aliphatic rings. The van der Waals surface area contributed by atoms with E-state index in [0.29, 0.717) is 27.4 Å². The van der Waals surface area contributed by atoms with Gasteiger partial charge in [-0.2, -0.15) is 0 Å². The molecule has 166 valence electrons. The zero-order valence-electron chi connectivity index (χ0n) is 17.8. The molecule has 0 saturated carbocycles. The van der Waals surface area contributed by atoms with E-state index in [0.717, 1.165) is 10.4 Å². The Morgan fingerprint density at radius 1 is 1.19 bits per heavy atom. The maximum atomic E-state index is 13.3. The molecule has 0 radical (unpaired) electrons. The number of benzene rings is 1. The number of hydrogen-bond donors (Lipinski definition) is 4. The first-order valence-corrected chi connectivity index (χ1v) is 10.9. The molecule has 3 rings (SSSR count). The maximum Gasteiger partial charge on any atom is 0.221 e. The van der Waals surface area contributed by atoms with Crippen LogP contribution in [-0.4, -0.2) is 31.9 Å². The number of aromatic nitrogens is 1. The largest absolute Gasteiger partial charge is 0.507 e. The van der Waals surface area contributed by atoms with E-state index >= 15 is 0 Å². The number of rotatable bonds is 6. The summed E-state index contributed by atoms with van der Waals surface area (Å²) in [7, 11) is 0. The van der Waals surface area contributed by atoms with Crippen molar-refractivity contribution in [1.29, 1.82) is 0 Å². The number of carbonyl (C=O) groups excluding carboxylic acids is 2. The van der Waals surface area contributed by atoms with E-state index in [1.54, 1.807) is 24.3 Å². The number of pyridine rings is 1. The highest BCUT2D eigenvalue weighted by Crippen LogP contribution is 2.34. The molecule has 0 spiro atoms. The van der Waals surface area contributed by atoms with Gasteiger partial charge in [0.05, 0.1) is 12.1 Å². The van der Waals surface area contributed by atoms with Gasteiger partial charge in [0, 0.05) is 41.0 Å². The summed E-state index contributed by atoms with van der Waals surface area (Å²) in [5.41, 5.74) is 2.99. The van der Waals surface area contributed by atoms with Gasteiger partial charge in [0.15, 0.2) is 10.9 Å². The number of hydrazine groups is 1. The highest BCUT2D eigenvalue weighted by molar-refractivity contribution is 7.80. The Kier molecular flexibility index (Phi) is 7.18. The third-order valence-electron chi connectivity index (χ3n) is 4.78. The summed E-state index contributed by atoms with van der Waals surface area (Å²) >= 11 is 6.83. The fraction of sp³-hybridized carbons (Fsp3) is 0.182. The predicted molar refractivity (Wildman–Crippen MR) is 130 cm³/mol. The third-order valence-corrected chi connectivity index (χ3v) is 6.24. The number of nitrogens with zero attached hydrogens (tertiary/aromatic N) is 2. The lowest BCUT2D eigenvalue weighted by atomic mass is 10.0. The van der Waals surface area contributed by atoms with E-state index < -0.39 is 0 Å². The van der Waals surface area contributed by atoms with Crippen LogP contribution in [0.1, 0.15) is 38.8 Å². The van der Waals surface area contributed by atoms with Crippen molar-refractivity contribution in [3.05, 3.63) is 69.9 Å². The molecule has 0 saturated heterocycles. The molecule has 0 aliphatic heterocycles. The minimum atomic E-state index is -0.181. The number of carbonyl (C=O) groups is 2. The Bertz CT molecular complexity index is 1170. The van der Waals surface area contributed by atoms with Gasteiger partial charge >= 0.3 is 0 Å². The molecule has 1 aromatic carbocycles. The number of amides is 1. The number of thiocarbonyl (C=S) groups is 1. The van der Waals surface area contributed by atoms with Crippen molar-refractivity contribution in [1.82, 2.24) is 9.99 Å². The van der Waals surface area contributed by atoms with Gasteiger partial charge in [-0.3, -0.25) is 19.6 Å². The van der Waals surface area contributed by atoms with Gasteiger partial charge in [-0.05, 0) is 62.0 Å². The number of hydrogen-bond acceptors (Lipinski definition) is 7. The molecule has 1 amide bonds. The van der Waals surface area contributed by atoms with E-state index in [-0.39, 0.29) is 29.1 Å². The second-order valence-corrected chi connectivity index (χ2v) is 8.75. The lowest BCUT2D eigenvalue weighted by Gasteiger charge is -2.20. The van der Waals surface area contributed by atoms with Crippen molar-refractivity contribution in [3.8, 4) is 5.75 Å². The summed E-state index contributed by atoms with van der Waals surface area (Å²) < 4.78 is 0. The maximum absolute atomic E-state index is 13.3. The first kappa shape index (κ1) is 23.3. The second kappa shape index (κ2) is 9.86. The first-order chi connectivity index (χ1) is 15.2. The van der Waals surface area contributed by atoms with Crippen LogP contribution in [0.2, 0.25) is 0 Å². The van der Waals surface area contributed by atoms with Crippen molar-refractivity contribution in [2.45, 2.75) is 27.3 Å². The van der Waals surface area contributed by atoms with E-state index in [1.807, 2.05) is 13.8 Å². The van der Waals surface area contributed by atoms with Crippen molar-refractivity contribution >= 4 is 51.0 Å². The lowest BCUT2D eigenvalue weighted by Crippen LogP contribution is -2.39. The summed E-state index contributed by atoms with van der Waals surface area (Å²) in [6.07, 6.45) is 2.99. The van der Waals surface area contributed by atoms with Crippen LogP contribution in [0.25, 0.3) is 0 Å². The summed E-state index contributed by atoms with van der Waals surface area (Å²) in [6, 6.07) is 8.18. The van der Waals surface area contributed by atoms with E-state index in [2.05, 4.69) is 15.6 Å². The molecule has 0 unspecified atom stereocenters. The van der Waals surface area contributed by atoms with E-state index in [9.17, 15) is 14.7 Å². The normalized spacial score (nSPS) is 10.5. The zero-order valence-corrected chi connectivity index (χ0v) is 19.4. The van der Waals surface area contributed by atoms with Crippen LogP contribution in [0.5, 0.6) is 5.75 Å². The zero-order chi connectivity index (χ0) is 23.4. The number of aryl methyl sites for hydroxylation is 1. The van der Waals surface area contributed by atoms with Crippen molar-refractivity contribution in [3.63, 3.8) is 0 Å². The second-order valence-electron chi connectivity index (χ2n) is 7.14. The number of ketones is 1. The van der Waals surface area contributed by atoms with Crippen LogP contribution >= 0.6 is 23.6 Å². The Morgan fingerprint density at radius 2 is 1.88 bits per heavy atom. The molecule has 0 bridgehead atoms. The average molecular weight is 470 g/mol. The monoisotopic (exact) mass is 469 g/mol. The minimum Gasteiger partial charge on any atom is -0.507 e. The van der Waals surface area contributed by atoms with Crippen molar-refractivity contribution < 1.29 is 14.7 Å². The van der Waals surface area contributed by atoms with Gasteiger partial charge < -0.3 is 15.7 Å².